The highest BCUT2D eigenvalue weighted by atomic mass is 35.5. The molecule has 0 unspecified atom stereocenters. The second-order valence-electron chi connectivity index (χ2n) is 10.4. The standard InChI is InChI=1S/C33H42Cl2N6O3.ClH/c1-5-40(18-15-34)29-11-7-27(8-12-29)37-32(43)25-21-24(31(42)36-17-20-39(3)4)22-26(23-25)33(44)38-28-9-13-30(14-10-28)41(6-2)19-16-35;/h7-14,21-23H,5-6,15-20H2,1-4H3,(H,36,42)(H,37,43)(H,38,44);1H. The van der Waals surface area contributed by atoms with Crippen molar-refractivity contribution >= 4 is 76.1 Å². The highest BCUT2D eigenvalue weighted by Gasteiger charge is 2.18. The van der Waals surface area contributed by atoms with Crippen molar-refractivity contribution in [1.29, 1.82) is 0 Å². The highest BCUT2D eigenvalue weighted by Crippen LogP contribution is 2.21. The first-order valence-corrected chi connectivity index (χ1v) is 15.8. The van der Waals surface area contributed by atoms with E-state index in [4.69, 9.17) is 23.2 Å². The Kier molecular flexibility index (Phi) is 16.0. The maximum absolute atomic E-state index is 13.4. The van der Waals surface area contributed by atoms with E-state index in [0.717, 1.165) is 24.5 Å². The average molecular weight is 678 g/mol. The Morgan fingerprint density at radius 3 is 1.33 bits per heavy atom. The fourth-order valence-corrected chi connectivity index (χ4v) is 4.99. The molecule has 0 aliphatic carbocycles. The van der Waals surface area contributed by atoms with Crippen LogP contribution in [0.5, 0.6) is 0 Å². The van der Waals surface area contributed by atoms with Crippen molar-refractivity contribution in [1.82, 2.24) is 10.2 Å². The predicted octanol–water partition coefficient (Wildman–Crippen LogP) is 6.03. The number of nitrogens with one attached hydrogen (secondary N) is 3. The lowest BCUT2D eigenvalue weighted by molar-refractivity contribution is 0.0951. The van der Waals surface area contributed by atoms with E-state index in [0.29, 0.717) is 49.3 Å². The molecule has 3 N–H and O–H groups in total. The van der Waals surface area contributed by atoms with E-state index in [1.165, 1.54) is 18.2 Å². The van der Waals surface area contributed by atoms with E-state index in [-0.39, 0.29) is 35.0 Å². The third-order valence-electron chi connectivity index (χ3n) is 7.02. The van der Waals surface area contributed by atoms with Gasteiger partial charge in [0.2, 0.25) is 0 Å². The largest absolute Gasteiger partial charge is 0.371 e. The maximum Gasteiger partial charge on any atom is 0.255 e. The monoisotopic (exact) mass is 676 g/mol. The van der Waals surface area contributed by atoms with Gasteiger partial charge in [0.15, 0.2) is 0 Å². The number of alkyl halides is 2. The maximum atomic E-state index is 13.4. The number of benzene rings is 3. The average Bonchev–Trinajstić information content (AvgIpc) is 3.03. The molecular weight excluding hydrogens is 635 g/mol. The van der Waals surface area contributed by atoms with E-state index < -0.39 is 11.8 Å². The topological polar surface area (TPSA) is 97.0 Å². The van der Waals surface area contributed by atoms with Crippen LogP contribution in [0.2, 0.25) is 0 Å². The van der Waals surface area contributed by atoms with Gasteiger partial charge in [0.1, 0.15) is 0 Å². The molecule has 0 aromatic heterocycles. The van der Waals surface area contributed by atoms with Crippen molar-refractivity contribution in [3.8, 4) is 0 Å². The van der Waals surface area contributed by atoms with Crippen molar-refractivity contribution in [2.45, 2.75) is 13.8 Å². The number of rotatable bonds is 16. The van der Waals surface area contributed by atoms with Gasteiger partial charge in [-0.1, -0.05) is 0 Å². The molecule has 0 spiro atoms. The third kappa shape index (κ3) is 11.4. The van der Waals surface area contributed by atoms with Gasteiger partial charge in [0, 0.05) is 90.5 Å². The van der Waals surface area contributed by atoms with Gasteiger partial charge in [0.25, 0.3) is 17.7 Å². The lowest BCUT2D eigenvalue weighted by Crippen LogP contribution is -2.31. The number of likely N-dealkylation sites (N-methyl/N-ethyl adjacent to an activating group) is 1. The third-order valence-corrected chi connectivity index (χ3v) is 7.36. The van der Waals surface area contributed by atoms with E-state index in [1.54, 1.807) is 0 Å². The van der Waals surface area contributed by atoms with Crippen molar-refractivity contribution in [2.24, 2.45) is 0 Å². The number of halogens is 3. The summed E-state index contributed by atoms with van der Waals surface area (Å²) in [6.45, 7) is 8.21. The van der Waals surface area contributed by atoms with Gasteiger partial charge in [-0.25, -0.2) is 0 Å². The molecule has 3 aromatic carbocycles. The molecule has 3 aromatic rings. The van der Waals surface area contributed by atoms with Crippen LogP contribution in [0.3, 0.4) is 0 Å². The Hall–Kier alpha value is -3.50. The summed E-state index contributed by atoms with van der Waals surface area (Å²) in [4.78, 5) is 46.0. The van der Waals surface area contributed by atoms with E-state index >= 15 is 0 Å². The molecule has 0 heterocycles. The zero-order chi connectivity index (χ0) is 32.1. The van der Waals surface area contributed by atoms with Crippen LogP contribution in [-0.4, -0.2) is 87.7 Å². The first-order chi connectivity index (χ1) is 21.2. The molecule has 0 aliphatic rings. The summed E-state index contributed by atoms with van der Waals surface area (Å²) in [5.41, 5.74) is 3.75. The van der Waals surface area contributed by atoms with Crippen LogP contribution >= 0.6 is 35.6 Å². The molecule has 3 rings (SSSR count). The number of carbonyl (C=O) groups is 3. The SMILES string of the molecule is CCN(CCCl)c1ccc(NC(=O)c2cc(C(=O)NCCN(C)C)cc(C(=O)Nc3ccc(N(CC)CCCl)cc3)c2)cc1.Cl. The van der Waals surface area contributed by atoms with Crippen LogP contribution in [0, 0.1) is 0 Å². The molecule has 3 amide bonds. The van der Waals surface area contributed by atoms with Gasteiger partial charge in [-0.2, -0.15) is 0 Å². The minimum Gasteiger partial charge on any atom is -0.371 e. The molecule has 0 aliphatic heterocycles. The zero-order valence-corrected chi connectivity index (χ0v) is 28.6. The molecule has 45 heavy (non-hydrogen) atoms. The molecule has 9 nitrogen and oxygen atoms in total. The quantitative estimate of drug-likeness (QED) is 0.160. The lowest BCUT2D eigenvalue weighted by Gasteiger charge is -2.22. The Morgan fingerprint density at radius 1 is 0.622 bits per heavy atom. The smallest absolute Gasteiger partial charge is 0.255 e. The summed E-state index contributed by atoms with van der Waals surface area (Å²) in [5.74, 6) is -0.225. The fraction of sp³-hybridized carbons (Fsp3) is 0.364. The minimum absolute atomic E-state index is 0. The van der Waals surface area contributed by atoms with Gasteiger partial charge >= 0.3 is 0 Å². The number of carbonyl (C=O) groups excluding carboxylic acids is 3. The molecule has 0 saturated heterocycles. The van der Waals surface area contributed by atoms with Gasteiger partial charge in [0.05, 0.1) is 0 Å². The van der Waals surface area contributed by atoms with Gasteiger partial charge in [-0.3, -0.25) is 14.4 Å². The summed E-state index contributed by atoms with van der Waals surface area (Å²) in [7, 11) is 3.82. The summed E-state index contributed by atoms with van der Waals surface area (Å²) in [6, 6.07) is 19.4. The number of amides is 3. The fourth-order valence-electron chi connectivity index (χ4n) is 4.58. The predicted molar refractivity (Wildman–Crippen MR) is 191 cm³/mol. The van der Waals surface area contributed by atoms with Crippen LogP contribution in [-0.2, 0) is 0 Å². The van der Waals surface area contributed by atoms with Crippen LogP contribution in [0.25, 0.3) is 0 Å². The highest BCUT2D eigenvalue weighted by molar-refractivity contribution is 6.18. The van der Waals surface area contributed by atoms with Gasteiger partial charge in [-0.05, 0) is 94.7 Å². The number of anilines is 4. The first kappa shape index (κ1) is 37.7. The van der Waals surface area contributed by atoms with E-state index in [1.807, 2.05) is 67.5 Å². The summed E-state index contributed by atoms with van der Waals surface area (Å²) in [5, 5.41) is 8.61. The van der Waals surface area contributed by atoms with Crippen molar-refractivity contribution < 1.29 is 14.4 Å². The second-order valence-corrected chi connectivity index (χ2v) is 11.2. The summed E-state index contributed by atoms with van der Waals surface area (Å²) >= 11 is 11.8. The van der Waals surface area contributed by atoms with Crippen LogP contribution in [0.15, 0.2) is 66.7 Å². The Bertz CT molecular complexity index is 1300. The van der Waals surface area contributed by atoms with Gasteiger partial charge in [-0.15, -0.1) is 35.6 Å². The summed E-state index contributed by atoms with van der Waals surface area (Å²) in [6.07, 6.45) is 0. The Balaban J connectivity index is 0.00000705. The van der Waals surface area contributed by atoms with Crippen molar-refractivity contribution in [3.63, 3.8) is 0 Å². The molecule has 0 fully saturated rings. The molecule has 0 bridgehead atoms. The molecule has 0 radical (unpaired) electrons. The van der Waals surface area contributed by atoms with Crippen LogP contribution in [0.1, 0.15) is 44.9 Å². The van der Waals surface area contributed by atoms with Gasteiger partial charge < -0.3 is 30.7 Å². The number of hydrogen-bond acceptors (Lipinski definition) is 6. The first-order valence-electron chi connectivity index (χ1n) is 14.7. The Labute approximate surface area is 282 Å². The molecular formula is C33H43Cl3N6O3. The van der Waals surface area contributed by atoms with Crippen LogP contribution < -0.4 is 25.8 Å². The lowest BCUT2D eigenvalue weighted by atomic mass is 10.0. The molecule has 0 saturated carbocycles. The normalized spacial score (nSPS) is 10.6. The second kappa shape index (κ2) is 19.1. The van der Waals surface area contributed by atoms with Crippen LogP contribution in [0.4, 0.5) is 22.7 Å². The number of hydrogen-bond donors (Lipinski definition) is 3. The van der Waals surface area contributed by atoms with E-state index in [2.05, 4.69) is 39.6 Å². The zero-order valence-electron chi connectivity index (χ0n) is 26.2. The number of nitrogens with zero attached hydrogens (tertiary/aromatic N) is 3. The van der Waals surface area contributed by atoms with Crippen molar-refractivity contribution in [2.75, 3.05) is 85.6 Å². The summed E-state index contributed by atoms with van der Waals surface area (Å²) < 4.78 is 0. The minimum atomic E-state index is -0.439. The molecule has 12 heteroatoms. The Morgan fingerprint density at radius 2 is 1.00 bits per heavy atom. The molecule has 0 atom stereocenters. The molecule has 244 valence electrons. The van der Waals surface area contributed by atoms with E-state index in [9.17, 15) is 14.4 Å². The van der Waals surface area contributed by atoms with Crippen molar-refractivity contribution in [3.05, 3.63) is 83.4 Å².